The maximum atomic E-state index is 10.6. The molecule has 0 spiro atoms. The molecule has 1 unspecified atom stereocenters. The van der Waals surface area contributed by atoms with E-state index in [4.69, 9.17) is 34.8 Å². The van der Waals surface area contributed by atoms with Crippen molar-refractivity contribution >= 4 is 46.2 Å². The Kier molecular flexibility index (Phi) is 4.70. The molecule has 0 fully saturated rings. The highest BCUT2D eigenvalue weighted by Gasteiger charge is 2.15. The number of hydrogen-bond acceptors (Lipinski definition) is 3. The number of nitro groups is 1. The third-order valence-electron chi connectivity index (χ3n) is 2.59. The van der Waals surface area contributed by atoms with Crippen LogP contribution in [0.3, 0.4) is 0 Å². The molecule has 4 nitrogen and oxygen atoms in total. The van der Waals surface area contributed by atoms with Gasteiger partial charge in [0.15, 0.2) is 0 Å². The van der Waals surface area contributed by atoms with E-state index < -0.39 is 10.4 Å². The summed E-state index contributed by atoms with van der Waals surface area (Å²) in [4.78, 5) is 10.1. The van der Waals surface area contributed by atoms with Gasteiger partial charge in [-0.3, -0.25) is 10.1 Å². The van der Waals surface area contributed by atoms with Gasteiger partial charge in [0.25, 0.3) is 5.69 Å². The molecule has 0 saturated heterocycles. The molecule has 0 bridgehead atoms. The van der Waals surface area contributed by atoms with E-state index in [0.29, 0.717) is 10.6 Å². The molecule has 1 N–H and O–H groups in total. The van der Waals surface area contributed by atoms with E-state index in [1.807, 2.05) is 0 Å². The molecule has 2 aromatic carbocycles. The molecule has 1 atom stereocenters. The topological polar surface area (TPSA) is 55.2 Å². The zero-order chi connectivity index (χ0) is 14.7. The summed E-state index contributed by atoms with van der Waals surface area (Å²) in [5.74, 6) is 0. The van der Waals surface area contributed by atoms with Gasteiger partial charge < -0.3 is 5.32 Å². The SMILES string of the molecule is O=[N+]([O-])c1ccc(C(Cl)Nc2cccc(Cl)c2)c(Cl)c1. The molecule has 0 radical (unpaired) electrons. The van der Waals surface area contributed by atoms with Crippen LogP contribution in [-0.4, -0.2) is 4.92 Å². The van der Waals surface area contributed by atoms with Crippen LogP contribution in [0, 0.1) is 10.1 Å². The van der Waals surface area contributed by atoms with Gasteiger partial charge in [-0.25, -0.2) is 0 Å². The van der Waals surface area contributed by atoms with Gasteiger partial charge in [0.1, 0.15) is 5.50 Å². The quantitative estimate of drug-likeness (QED) is 0.360. The monoisotopic (exact) mass is 330 g/mol. The van der Waals surface area contributed by atoms with Gasteiger partial charge in [0.05, 0.1) is 9.95 Å². The lowest BCUT2D eigenvalue weighted by molar-refractivity contribution is -0.384. The van der Waals surface area contributed by atoms with E-state index >= 15 is 0 Å². The third-order valence-corrected chi connectivity index (χ3v) is 3.49. The standard InChI is InChI=1S/C13H9Cl3N2O2/c14-8-2-1-3-9(6-8)17-13(16)11-5-4-10(18(19)20)7-12(11)15/h1-7,13,17H. The number of anilines is 1. The lowest BCUT2D eigenvalue weighted by atomic mass is 10.2. The van der Waals surface area contributed by atoms with Crippen molar-refractivity contribution in [2.45, 2.75) is 5.50 Å². The fourth-order valence-electron chi connectivity index (χ4n) is 1.64. The molecule has 0 aliphatic heterocycles. The Morgan fingerprint density at radius 2 is 1.90 bits per heavy atom. The largest absolute Gasteiger partial charge is 0.365 e. The Bertz CT molecular complexity index is 649. The van der Waals surface area contributed by atoms with E-state index in [1.54, 1.807) is 24.3 Å². The van der Waals surface area contributed by atoms with Crippen LogP contribution in [0.15, 0.2) is 42.5 Å². The van der Waals surface area contributed by atoms with E-state index in [9.17, 15) is 10.1 Å². The van der Waals surface area contributed by atoms with Crippen LogP contribution in [0.4, 0.5) is 11.4 Å². The average Bonchev–Trinajstić information content (AvgIpc) is 2.38. The highest BCUT2D eigenvalue weighted by atomic mass is 35.5. The van der Waals surface area contributed by atoms with Crippen LogP contribution in [0.1, 0.15) is 11.1 Å². The van der Waals surface area contributed by atoms with Crippen LogP contribution >= 0.6 is 34.8 Å². The second kappa shape index (κ2) is 6.31. The van der Waals surface area contributed by atoms with Crippen molar-refractivity contribution in [3.8, 4) is 0 Å². The van der Waals surface area contributed by atoms with E-state index in [1.165, 1.54) is 18.2 Å². The van der Waals surface area contributed by atoms with Crippen LogP contribution in [-0.2, 0) is 0 Å². The number of non-ortho nitro benzene ring substituents is 1. The highest BCUT2D eigenvalue weighted by Crippen LogP contribution is 2.32. The average molecular weight is 332 g/mol. The van der Waals surface area contributed by atoms with Crippen molar-refractivity contribution < 1.29 is 4.92 Å². The molecule has 20 heavy (non-hydrogen) atoms. The third kappa shape index (κ3) is 3.54. The fraction of sp³-hybridized carbons (Fsp3) is 0.0769. The summed E-state index contributed by atoms with van der Waals surface area (Å²) in [7, 11) is 0. The Labute approximate surface area is 130 Å². The zero-order valence-corrected chi connectivity index (χ0v) is 12.3. The van der Waals surface area contributed by atoms with Crippen molar-refractivity contribution in [2.24, 2.45) is 0 Å². The van der Waals surface area contributed by atoms with Crippen LogP contribution < -0.4 is 5.32 Å². The molecule has 0 aliphatic rings. The molecule has 0 aromatic heterocycles. The first-order chi connectivity index (χ1) is 9.47. The normalized spacial score (nSPS) is 11.9. The summed E-state index contributed by atoms with van der Waals surface area (Å²) in [6.45, 7) is 0. The van der Waals surface area contributed by atoms with Gasteiger partial charge in [-0.05, 0) is 24.3 Å². The summed E-state index contributed by atoms with van der Waals surface area (Å²) in [5.41, 5.74) is 0.581. The first-order valence-corrected chi connectivity index (χ1v) is 6.76. The van der Waals surface area contributed by atoms with Crippen molar-refractivity contribution in [3.63, 3.8) is 0 Å². The predicted molar refractivity (Wildman–Crippen MR) is 81.8 cm³/mol. The fourth-order valence-corrected chi connectivity index (χ4v) is 2.48. The minimum Gasteiger partial charge on any atom is -0.365 e. The van der Waals surface area contributed by atoms with Gasteiger partial charge in [0, 0.05) is 28.4 Å². The van der Waals surface area contributed by atoms with Crippen molar-refractivity contribution in [1.29, 1.82) is 0 Å². The Hall–Kier alpha value is -1.49. The van der Waals surface area contributed by atoms with Crippen molar-refractivity contribution in [3.05, 3.63) is 68.2 Å². The van der Waals surface area contributed by atoms with E-state index in [2.05, 4.69) is 5.32 Å². The highest BCUT2D eigenvalue weighted by molar-refractivity contribution is 6.33. The molecule has 0 aliphatic carbocycles. The Morgan fingerprint density at radius 1 is 1.15 bits per heavy atom. The molecule has 7 heteroatoms. The Morgan fingerprint density at radius 3 is 2.50 bits per heavy atom. The number of halogens is 3. The Balaban J connectivity index is 2.21. The van der Waals surface area contributed by atoms with Gasteiger partial charge in [0.2, 0.25) is 0 Å². The summed E-state index contributed by atoms with van der Waals surface area (Å²) < 4.78 is 0. The summed E-state index contributed by atoms with van der Waals surface area (Å²) in [6, 6.07) is 11.2. The second-order valence-corrected chi connectivity index (χ2v) is 5.26. The molecule has 0 heterocycles. The first kappa shape index (κ1) is 14.9. The van der Waals surface area contributed by atoms with Gasteiger partial charge in [-0.2, -0.15) is 0 Å². The number of alkyl halides is 1. The van der Waals surface area contributed by atoms with Gasteiger partial charge in [-0.1, -0.05) is 40.9 Å². The van der Waals surface area contributed by atoms with Crippen LogP contribution in [0.2, 0.25) is 10.0 Å². The number of nitrogens with one attached hydrogen (secondary N) is 1. The smallest absolute Gasteiger partial charge is 0.270 e. The van der Waals surface area contributed by atoms with Crippen LogP contribution in [0.5, 0.6) is 0 Å². The number of rotatable bonds is 4. The summed E-state index contributed by atoms with van der Waals surface area (Å²) in [6.07, 6.45) is 0. The summed E-state index contributed by atoms with van der Waals surface area (Å²) in [5, 5.41) is 14.5. The van der Waals surface area contributed by atoms with Crippen molar-refractivity contribution in [2.75, 3.05) is 5.32 Å². The molecule has 2 rings (SSSR count). The second-order valence-electron chi connectivity index (χ2n) is 3.98. The summed E-state index contributed by atoms with van der Waals surface area (Å²) >= 11 is 18.1. The number of benzene rings is 2. The molecule has 104 valence electrons. The maximum absolute atomic E-state index is 10.6. The maximum Gasteiger partial charge on any atom is 0.270 e. The lowest BCUT2D eigenvalue weighted by Crippen LogP contribution is -2.05. The van der Waals surface area contributed by atoms with Gasteiger partial charge in [-0.15, -0.1) is 0 Å². The van der Waals surface area contributed by atoms with E-state index in [0.717, 1.165) is 5.69 Å². The van der Waals surface area contributed by atoms with Gasteiger partial charge >= 0.3 is 0 Å². The molecule has 2 aromatic rings. The predicted octanol–water partition coefficient (Wildman–Crippen LogP) is 5.25. The minimum atomic E-state index is -0.623. The number of hydrogen-bond donors (Lipinski definition) is 1. The van der Waals surface area contributed by atoms with Crippen LogP contribution in [0.25, 0.3) is 0 Å². The molecule has 0 saturated carbocycles. The first-order valence-electron chi connectivity index (χ1n) is 5.57. The minimum absolute atomic E-state index is 0.0784. The molecule has 0 amide bonds. The zero-order valence-electron chi connectivity index (χ0n) is 10.0. The lowest BCUT2D eigenvalue weighted by Gasteiger charge is -2.15. The molecular weight excluding hydrogens is 323 g/mol. The van der Waals surface area contributed by atoms with E-state index in [-0.39, 0.29) is 10.7 Å². The number of nitro benzene ring substituents is 1. The molecular formula is C13H9Cl3N2O2. The number of nitrogens with zero attached hydrogens (tertiary/aromatic N) is 1. The van der Waals surface area contributed by atoms with Crippen molar-refractivity contribution in [1.82, 2.24) is 0 Å².